The van der Waals surface area contributed by atoms with Crippen molar-refractivity contribution in [3.05, 3.63) is 62.5 Å². The van der Waals surface area contributed by atoms with Gasteiger partial charge in [0.1, 0.15) is 6.54 Å². The highest BCUT2D eigenvalue weighted by Crippen LogP contribution is 2.41. The van der Waals surface area contributed by atoms with Crippen molar-refractivity contribution in [2.24, 2.45) is 0 Å². The number of hydrogen-bond donors (Lipinski definition) is 0. The Morgan fingerprint density at radius 3 is 2.41 bits per heavy atom. The first-order valence-electron chi connectivity index (χ1n) is 11.7. The van der Waals surface area contributed by atoms with Crippen LogP contribution in [0, 0.1) is 10.1 Å². The number of halogens is 3. The van der Waals surface area contributed by atoms with Crippen molar-refractivity contribution in [3.63, 3.8) is 0 Å². The number of piperidine rings is 1. The van der Waals surface area contributed by atoms with Crippen LogP contribution < -0.4 is 9.47 Å². The van der Waals surface area contributed by atoms with Gasteiger partial charge < -0.3 is 14.4 Å². The van der Waals surface area contributed by atoms with Crippen molar-refractivity contribution in [2.45, 2.75) is 25.4 Å². The Morgan fingerprint density at radius 1 is 1.08 bits per heavy atom. The molecule has 2 saturated heterocycles. The quantitative estimate of drug-likeness (QED) is 0.247. The number of methoxy groups -OCH3 is 1. The van der Waals surface area contributed by atoms with Crippen molar-refractivity contribution in [2.75, 3.05) is 26.7 Å². The fourth-order valence-corrected chi connectivity index (χ4v) is 4.90. The molecule has 14 heteroatoms. The summed E-state index contributed by atoms with van der Waals surface area (Å²) in [5, 5.41) is 10.8. The maximum atomic E-state index is 13.0. The first-order chi connectivity index (χ1) is 18.5. The average Bonchev–Trinajstić information content (AvgIpc) is 3.16. The predicted molar refractivity (Wildman–Crippen MR) is 134 cm³/mol. The van der Waals surface area contributed by atoms with Crippen LogP contribution >= 0.6 is 11.8 Å². The number of benzene rings is 2. The first kappa shape index (κ1) is 28.0. The van der Waals surface area contributed by atoms with Gasteiger partial charge >= 0.3 is 11.9 Å². The minimum atomic E-state index is -4.77. The third-order valence-electron chi connectivity index (χ3n) is 6.06. The normalized spacial score (nSPS) is 17.1. The number of rotatable bonds is 7. The third-order valence-corrected chi connectivity index (χ3v) is 6.97. The van der Waals surface area contributed by atoms with Crippen molar-refractivity contribution < 1.29 is 42.0 Å². The van der Waals surface area contributed by atoms with Gasteiger partial charge in [-0.15, -0.1) is 0 Å². The summed E-state index contributed by atoms with van der Waals surface area (Å²) in [6.07, 6.45) is -0.571. The first-order valence-corrected chi connectivity index (χ1v) is 12.5. The Balaban J connectivity index is 1.53. The number of nitro groups is 1. The molecule has 2 aromatic carbocycles. The van der Waals surface area contributed by atoms with Crippen molar-refractivity contribution in [1.29, 1.82) is 0 Å². The zero-order chi connectivity index (χ0) is 28.3. The second-order valence-corrected chi connectivity index (χ2v) is 9.65. The number of likely N-dealkylation sites (tertiary alicyclic amines) is 1. The van der Waals surface area contributed by atoms with Gasteiger partial charge in [0, 0.05) is 19.2 Å². The van der Waals surface area contributed by atoms with E-state index in [1.54, 1.807) is 4.90 Å². The molecule has 10 nitrogen and oxygen atoms in total. The molecular weight excluding hydrogens is 543 g/mol. The SMILES string of the molecule is COc1cc(/C=C2\SC(=O)N(CC(=O)N3CCCCC3)C2=O)ccc1Oc1ccc(C(F)(F)F)cc1[N+](=O)[O-]. The Kier molecular flexibility index (Phi) is 8.14. The van der Waals surface area contributed by atoms with E-state index in [-0.39, 0.29) is 28.9 Å². The molecule has 3 amide bonds. The van der Waals surface area contributed by atoms with Crippen LogP contribution in [0.2, 0.25) is 0 Å². The molecule has 0 aliphatic carbocycles. The van der Waals surface area contributed by atoms with E-state index in [2.05, 4.69) is 0 Å². The van der Waals surface area contributed by atoms with Crippen LogP contribution in [0.15, 0.2) is 41.3 Å². The summed E-state index contributed by atoms with van der Waals surface area (Å²) in [5.74, 6) is -1.30. The molecule has 0 spiro atoms. The summed E-state index contributed by atoms with van der Waals surface area (Å²) in [4.78, 5) is 50.8. The fourth-order valence-electron chi connectivity index (χ4n) is 4.07. The number of carbonyl (C=O) groups excluding carboxylic acids is 3. The average molecular weight is 566 g/mol. The topological polar surface area (TPSA) is 119 Å². The third kappa shape index (κ3) is 6.33. The Labute approximate surface area is 224 Å². The van der Waals surface area contributed by atoms with E-state index in [9.17, 15) is 37.7 Å². The molecule has 2 aromatic rings. The van der Waals surface area contributed by atoms with Crippen molar-refractivity contribution in [1.82, 2.24) is 9.80 Å². The second kappa shape index (κ2) is 11.4. The highest BCUT2D eigenvalue weighted by molar-refractivity contribution is 8.18. The van der Waals surface area contributed by atoms with Crippen LogP contribution in [-0.4, -0.2) is 58.5 Å². The van der Waals surface area contributed by atoms with E-state index in [1.165, 1.54) is 31.4 Å². The number of hydrogen-bond acceptors (Lipinski definition) is 8. The second-order valence-electron chi connectivity index (χ2n) is 8.66. The van der Waals surface area contributed by atoms with E-state index in [1.807, 2.05) is 0 Å². The van der Waals surface area contributed by atoms with E-state index in [0.29, 0.717) is 42.5 Å². The Hall–Kier alpha value is -4.07. The molecule has 0 N–H and O–H groups in total. The van der Waals surface area contributed by atoms with Gasteiger partial charge in [-0.3, -0.25) is 29.4 Å². The number of amides is 3. The summed E-state index contributed by atoms with van der Waals surface area (Å²) in [7, 11) is 1.28. The van der Waals surface area contributed by atoms with Gasteiger partial charge in [0.05, 0.1) is 22.5 Å². The zero-order valence-electron chi connectivity index (χ0n) is 20.5. The monoisotopic (exact) mass is 565 g/mol. The lowest BCUT2D eigenvalue weighted by atomic mass is 10.1. The lowest BCUT2D eigenvalue weighted by Crippen LogP contribution is -2.44. The van der Waals surface area contributed by atoms with Crippen LogP contribution in [-0.2, 0) is 15.8 Å². The summed E-state index contributed by atoms with van der Waals surface area (Å²) in [5.41, 5.74) is -1.67. The summed E-state index contributed by atoms with van der Waals surface area (Å²) < 4.78 is 49.7. The molecule has 0 bridgehead atoms. The molecular formula is C25H22F3N3O7S. The number of carbonyl (C=O) groups is 3. The molecule has 2 aliphatic heterocycles. The largest absolute Gasteiger partial charge is 0.493 e. The van der Waals surface area contributed by atoms with E-state index in [0.717, 1.165) is 30.2 Å². The number of imide groups is 1. The summed E-state index contributed by atoms with van der Waals surface area (Å²) in [6, 6.07) is 6.14. The summed E-state index contributed by atoms with van der Waals surface area (Å²) >= 11 is 0.683. The van der Waals surface area contributed by atoms with Gasteiger partial charge in [0.15, 0.2) is 11.5 Å². The minimum absolute atomic E-state index is 0.0299. The standard InChI is InChI=1S/C25H22F3N3O7S/c1-37-20-11-15(5-7-19(20)38-18-8-6-16(25(26,27)28)13-17(18)31(35)36)12-21-23(33)30(24(34)39-21)14-22(32)29-9-3-2-4-10-29/h5-8,11-13H,2-4,9-10,14H2,1H3/b21-12-. The zero-order valence-corrected chi connectivity index (χ0v) is 21.3. The molecule has 2 fully saturated rings. The van der Waals surface area contributed by atoms with Crippen LogP contribution in [0.3, 0.4) is 0 Å². The van der Waals surface area contributed by atoms with Crippen molar-refractivity contribution >= 4 is 40.6 Å². The maximum absolute atomic E-state index is 13.0. The molecule has 2 aliphatic rings. The molecule has 39 heavy (non-hydrogen) atoms. The highest BCUT2D eigenvalue weighted by atomic mass is 32.2. The van der Waals surface area contributed by atoms with Crippen molar-refractivity contribution in [3.8, 4) is 17.2 Å². The van der Waals surface area contributed by atoms with Crippen LogP contribution in [0.5, 0.6) is 17.2 Å². The number of thioether (sulfide) groups is 1. The number of nitrogens with zero attached hydrogens (tertiary/aromatic N) is 3. The minimum Gasteiger partial charge on any atom is -0.493 e. The summed E-state index contributed by atoms with van der Waals surface area (Å²) in [6.45, 7) is 0.841. The lowest BCUT2D eigenvalue weighted by molar-refractivity contribution is -0.385. The van der Waals surface area contributed by atoms with E-state index >= 15 is 0 Å². The van der Waals surface area contributed by atoms with E-state index in [4.69, 9.17) is 9.47 Å². The van der Waals surface area contributed by atoms with Crippen LogP contribution in [0.1, 0.15) is 30.4 Å². The van der Waals surface area contributed by atoms with Gasteiger partial charge in [0.25, 0.3) is 11.1 Å². The molecule has 0 radical (unpaired) electrons. The van der Waals surface area contributed by atoms with Gasteiger partial charge in [0.2, 0.25) is 11.7 Å². The molecule has 0 unspecified atom stereocenters. The fraction of sp³-hybridized carbons (Fsp3) is 0.320. The Morgan fingerprint density at radius 2 is 1.77 bits per heavy atom. The molecule has 0 atom stereocenters. The smallest absolute Gasteiger partial charge is 0.416 e. The van der Waals surface area contributed by atoms with Crippen LogP contribution in [0.4, 0.5) is 23.7 Å². The van der Waals surface area contributed by atoms with Gasteiger partial charge in [-0.05, 0) is 66.9 Å². The van der Waals surface area contributed by atoms with E-state index < -0.39 is 39.2 Å². The van der Waals surface area contributed by atoms with Gasteiger partial charge in [-0.25, -0.2) is 0 Å². The molecule has 4 rings (SSSR count). The number of ether oxygens (including phenoxy) is 2. The number of alkyl halides is 3. The highest BCUT2D eigenvalue weighted by Gasteiger charge is 2.37. The van der Waals surface area contributed by atoms with Gasteiger partial charge in [-0.2, -0.15) is 13.2 Å². The molecule has 2 heterocycles. The molecule has 0 aromatic heterocycles. The Bertz CT molecular complexity index is 1360. The predicted octanol–water partition coefficient (Wildman–Crippen LogP) is 5.46. The van der Waals surface area contributed by atoms with Gasteiger partial charge in [-0.1, -0.05) is 6.07 Å². The molecule has 206 valence electrons. The molecule has 0 saturated carbocycles. The lowest BCUT2D eigenvalue weighted by Gasteiger charge is -2.27. The number of nitro benzene ring substituents is 1. The van der Waals surface area contributed by atoms with Crippen LogP contribution in [0.25, 0.3) is 6.08 Å². The maximum Gasteiger partial charge on any atom is 0.416 e.